The Balaban J connectivity index is 1.48. The number of benzene rings is 3. The summed E-state index contributed by atoms with van der Waals surface area (Å²) in [6, 6.07) is 21.5. The summed E-state index contributed by atoms with van der Waals surface area (Å²) in [6.45, 7) is 2.01. The highest BCUT2D eigenvalue weighted by Crippen LogP contribution is 2.26. The zero-order valence-corrected chi connectivity index (χ0v) is 15.7. The number of primary amides is 1. The molecule has 3 aromatic carbocycles. The van der Waals surface area contributed by atoms with E-state index in [4.69, 9.17) is 10.5 Å². The summed E-state index contributed by atoms with van der Waals surface area (Å²) in [5.41, 5.74) is 8.83. The van der Waals surface area contributed by atoms with E-state index in [1.165, 1.54) is 0 Å². The number of aryl methyl sites for hydroxylation is 1. The van der Waals surface area contributed by atoms with Gasteiger partial charge in [-0.2, -0.15) is 0 Å². The number of H-pyrrole nitrogens is 1. The number of anilines is 1. The maximum absolute atomic E-state index is 12.5. The van der Waals surface area contributed by atoms with Crippen molar-refractivity contribution >= 4 is 28.4 Å². The number of ether oxygens (including phenoxy) is 1. The molecule has 144 valence electrons. The van der Waals surface area contributed by atoms with Gasteiger partial charge < -0.3 is 20.8 Å². The van der Waals surface area contributed by atoms with Crippen LogP contribution in [0.15, 0.2) is 72.8 Å². The summed E-state index contributed by atoms with van der Waals surface area (Å²) in [6.07, 6.45) is 0. The van der Waals surface area contributed by atoms with Crippen molar-refractivity contribution in [1.29, 1.82) is 0 Å². The first-order valence-corrected chi connectivity index (χ1v) is 9.07. The van der Waals surface area contributed by atoms with Gasteiger partial charge in [0.1, 0.15) is 17.2 Å². The first-order valence-electron chi connectivity index (χ1n) is 9.07. The maximum atomic E-state index is 12.5. The second-order valence-electron chi connectivity index (χ2n) is 6.71. The molecule has 0 aliphatic rings. The van der Waals surface area contributed by atoms with E-state index in [1.807, 2.05) is 31.2 Å². The number of fused-ring (bicyclic) bond motifs is 1. The number of aromatic nitrogens is 1. The molecule has 4 N–H and O–H groups in total. The largest absolute Gasteiger partial charge is 0.457 e. The highest BCUT2D eigenvalue weighted by molar-refractivity contribution is 6.06. The Kier molecular flexibility index (Phi) is 4.75. The lowest BCUT2D eigenvalue weighted by atomic mass is 10.2. The van der Waals surface area contributed by atoms with Crippen LogP contribution in [0.3, 0.4) is 0 Å². The predicted molar refractivity (Wildman–Crippen MR) is 112 cm³/mol. The lowest BCUT2D eigenvalue weighted by molar-refractivity contribution is 0.0995. The fourth-order valence-electron chi connectivity index (χ4n) is 3.05. The quantitative estimate of drug-likeness (QED) is 0.467. The first-order chi connectivity index (χ1) is 14.0. The van der Waals surface area contributed by atoms with Gasteiger partial charge in [0.2, 0.25) is 0 Å². The molecule has 2 amide bonds. The molecule has 0 spiro atoms. The standard InChI is InChI=1S/C23H19N3O3/c1-14-6-7-15-13-20(26-19(15)12-14)23(28)25-16-8-10-17(11-9-16)29-21-5-3-2-4-18(21)22(24)27/h2-13,26H,1H3,(H2,24,27)(H,25,28). The van der Waals surface area contributed by atoms with Crippen molar-refractivity contribution in [2.75, 3.05) is 5.32 Å². The molecule has 0 saturated heterocycles. The van der Waals surface area contributed by atoms with Gasteiger partial charge in [-0.25, -0.2) is 0 Å². The fraction of sp³-hybridized carbons (Fsp3) is 0.0435. The minimum Gasteiger partial charge on any atom is -0.457 e. The van der Waals surface area contributed by atoms with Crippen LogP contribution in [0, 0.1) is 6.92 Å². The van der Waals surface area contributed by atoms with Crippen LogP contribution in [0.5, 0.6) is 11.5 Å². The van der Waals surface area contributed by atoms with Crippen LogP contribution in [0.2, 0.25) is 0 Å². The summed E-state index contributed by atoms with van der Waals surface area (Å²) in [5.74, 6) is 0.118. The Morgan fingerprint density at radius 2 is 1.72 bits per heavy atom. The van der Waals surface area contributed by atoms with Gasteiger partial charge in [-0.15, -0.1) is 0 Å². The van der Waals surface area contributed by atoms with Gasteiger partial charge in [0.25, 0.3) is 11.8 Å². The lowest BCUT2D eigenvalue weighted by Gasteiger charge is -2.10. The van der Waals surface area contributed by atoms with Crippen LogP contribution in [0.25, 0.3) is 10.9 Å². The van der Waals surface area contributed by atoms with E-state index in [2.05, 4.69) is 10.3 Å². The minimum atomic E-state index is -0.557. The normalized spacial score (nSPS) is 10.7. The fourth-order valence-corrected chi connectivity index (χ4v) is 3.05. The van der Waals surface area contributed by atoms with Crippen LogP contribution in [-0.4, -0.2) is 16.8 Å². The van der Waals surface area contributed by atoms with Crippen LogP contribution < -0.4 is 15.8 Å². The summed E-state index contributed by atoms with van der Waals surface area (Å²) in [5, 5.41) is 3.84. The number of para-hydroxylation sites is 1. The average Bonchev–Trinajstić information content (AvgIpc) is 3.13. The Morgan fingerprint density at radius 3 is 2.48 bits per heavy atom. The number of carbonyl (C=O) groups excluding carboxylic acids is 2. The molecule has 0 saturated carbocycles. The maximum Gasteiger partial charge on any atom is 0.272 e. The van der Waals surface area contributed by atoms with Crippen LogP contribution in [0.4, 0.5) is 5.69 Å². The zero-order valence-electron chi connectivity index (χ0n) is 15.7. The van der Waals surface area contributed by atoms with Gasteiger partial charge in [0.15, 0.2) is 0 Å². The number of amides is 2. The highest BCUT2D eigenvalue weighted by Gasteiger charge is 2.11. The summed E-state index contributed by atoms with van der Waals surface area (Å²) in [7, 11) is 0. The topological polar surface area (TPSA) is 97.2 Å². The van der Waals surface area contributed by atoms with Crippen molar-refractivity contribution in [3.8, 4) is 11.5 Å². The lowest BCUT2D eigenvalue weighted by Crippen LogP contribution is -2.12. The second-order valence-corrected chi connectivity index (χ2v) is 6.71. The average molecular weight is 385 g/mol. The number of nitrogens with one attached hydrogen (secondary N) is 2. The summed E-state index contributed by atoms with van der Waals surface area (Å²) >= 11 is 0. The summed E-state index contributed by atoms with van der Waals surface area (Å²) in [4.78, 5) is 27.2. The van der Waals surface area contributed by atoms with Crippen LogP contribution in [0.1, 0.15) is 26.4 Å². The molecular weight excluding hydrogens is 366 g/mol. The molecule has 0 fully saturated rings. The van der Waals surface area contributed by atoms with Gasteiger partial charge in [-0.3, -0.25) is 9.59 Å². The number of carbonyl (C=O) groups is 2. The van der Waals surface area contributed by atoms with Crippen molar-refractivity contribution in [3.05, 3.63) is 89.6 Å². The number of hydrogen-bond donors (Lipinski definition) is 3. The molecule has 1 aromatic heterocycles. The Bertz CT molecular complexity index is 1210. The monoisotopic (exact) mass is 385 g/mol. The first kappa shape index (κ1) is 18.3. The molecule has 0 unspecified atom stereocenters. The van der Waals surface area contributed by atoms with E-state index in [0.717, 1.165) is 16.5 Å². The third kappa shape index (κ3) is 3.96. The van der Waals surface area contributed by atoms with Gasteiger partial charge >= 0.3 is 0 Å². The van der Waals surface area contributed by atoms with Crippen molar-refractivity contribution in [3.63, 3.8) is 0 Å². The van der Waals surface area contributed by atoms with E-state index >= 15 is 0 Å². The van der Waals surface area contributed by atoms with Crippen LogP contribution >= 0.6 is 0 Å². The molecule has 0 bridgehead atoms. The molecule has 0 radical (unpaired) electrons. The van der Waals surface area contributed by atoms with Crippen LogP contribution in [-0.2, 0) is 0 Å². The van der Waals surface area contributed by atoms with Crippen molar-refractivity contribution < 1.29 is 14.3 Å². The highest BCUT2D eigenvalue weighted by atomic mass is 16.5. The molecule has 6 heteroatoms. The SMILES string of the molecule is Cc1ccc2cc(C(=O)Nc3ccc(Oc4ccccc4C(N)=O)cc3)[nH]c2c1. The van der Waals surface area contributed by atoms with Gasteiger partial charge in [-0.05, 0) is 61.0 Å². The predicted octanol–water partition coefficient (Wildman–Crippen LogP) is 4.62. The molecule has 29 heavy (non-hydrogen) atoms. The van der Waals surface area contributed by atoms with E-state index < -0.39 is 5.91 Å². The molecule has 4 rings (SSSR count). The van der Waals surface area contributed by atoms with Gasteiger partial charge in [0.05, 0.1) is 5.56 Å². The van der Waals surface area contributed by atoms with E-state index in [9.17, 15) is 9.59 Å². The van der Waals surface area contributed by atoms with Gasteiger partial charge in [-0.1, -0.05) is 24.3 Å². The molecule has 0 aliphatic carbocycles. The Labute approximate surface area is 167 Å². The second kappa shape index (κ2) is 7.52. The zero-order chi connectivity index (χ0) is 20.4. The number of rotatable bonds is 5. The minimum absolute atomic E-state index is 0.230. The summed E-state index contributed by atoms with van der Waals surface area (Å²) < 4.78 is 5.75. The van der Waals surface area contributed by atoms with Crippen molar-refractivity contribution in [2.24, 2.45) is 5.73 Å². The molecule has 6 nitrogen and oxygen atoms in total. The molecule has 0 aliphatic heterocycles. The van der Waals surface area contributed by atoms with Gasteiger partial charge in [0, 0.05) is 16.6 Å². The number of nitrogens with two attached hydrogens (primary N) is 1. The number of aromatic amines is 1. The Hall–Kier alpha value is -4.06. The molecule has 4 aromatic rings. The molecule has 1 heterocycles. The Morgan fingerprint density at radius 1 is 0.966 bits per heavy atom. The molecular formula is C23H19N3O3. The third-order valence-corrected chi connectivity index (χ3v) is 4.52. The van der Waals surface area contributed by atoms with E-state index in [1.54, 1.807) is 48.5 Å². The smallest absolute Gasteiger partial charge is 0.272 e. The van der Waals surface area contributed by atoms with Crippen molar-refractivity contribution in [2.45, 2.75) is 6.92 Å². The third-order valence-electron chi connectivity index (χ3n) is 4.52. The molecule has 0 atom stereocenters. The van der Waals surface area contributed by atoms with E-state index in [-0.39, 0.29) is 5.91 Å². The van der Waals surface area contributed by atoms with E-state index in [0.29, 0.717) is 28.4 Å². The van der Waals surface area contributed by atoms with Crippen molar-refractivity contribution in [1.82, 2.24) is 4.98 Å². The number of hydrogen-bond acceptors (Lipinski definition) is 3.